The minimum atomic E-state index is -5.22. The molecule has 1 aromatic heterocycles. The van der Waals surface area contributed by atoms with Crippen molar-refractivity contribution < 1.29 is 42.3 Å². The van der Waals surface area contributed by atoms with E-state index in [0.29, 0.717) is 0 Å². The maximum Gasteiger partial charge on any atom is 0.471 e. The van der Waals surface area contributed by atoms with Gasteiger partial charge in [-0.2, -0.15) is 13.2 Å². The van der Waals surface area contributed by atoms with E-state index in [1.807, 2.05) is 13.8 Å². The Hall–Kier alpha value is -3.71. The zero-order chi connectivity index (χ0) is 30.4. The normalized spacial score (nSPS) is 22.9. The molecule has 1 aliphatic heterocycles. The van der Waals surface area contributed by atoms with Crippen LogP contribution in [0.5, 0.6) is 5.88 Å². The number of aromatic hydroxyl groups is 1. The molecular weight excluding hydrogens is 535 g/mol. The van der Waals surface area contributed by atoms with Crippen molar-refractivity contribution in [3.63, 3.8) is 0 Å². The van der Waals surface area contributed by atoms with Crippen LogP contribution in [0.4, 0.5) is 13.2 Å². The van der Waals surface area contributed by atoms with Gasteiger partial charge in [0.25, 0.3) is 5.91 Å². The van der Waals surface area contributed by atoms with Gasteiger partial charge in [0.1, 0.15) is 18.1 Å². The average Bonchev–Trinajstić information content (AvgIpc) is 3.17. The SMILES string of the molecule is CNC(=O)C(=O)C(Cc1cccnc1O)NC(=O)[C@@H]1[C@@H]2[C@H](CN1C(=O)[C@@H](NC(=O)C(F)(F)F)C(C)(C)C)C2(C)C. The van der Waals surface area contributed by atoms with Gasteiger partial charge >= 0.3 is 12.1 Å². The fraction of sp³-hybridized carbons (Fsp3) is 0.615. The number of piperidine rings is 1. The molecule has 11 nitrogen and oxygen atoms in total. The first-order chi connectivity index (χ1) is 18.3. The zero-order valence-electron chi connectivity index (χ0n) is 23.0. The summed E-state index contributed by atoms with van der Waals surface area (Å²) in [5, 5.41) is 16.6. The second-order valence-electron chi connectivity index (χ2n) is 11.9. The lowest BCUT2D eigenvalue weighted by Gasteiger charge is -2.38. The highest BCUT2D eigenvalue weighted by atomic mass is 19.4. The summed E-state index contributed by atoms with van der Waals surface area (Å²) < 4.78 is 39.1. The van der Waals surface area contributed by atoms with Gasteiger partial charge in [-0.25, -0.2) is 4.98 Å². The van der Waals surface area contributed by atoms with Gasteiger partial charge in [-0.05, 0) is 28.7 Å². The Morgan fingerprint density at radius 1 is 1.15 bits per heavy atom. The first kappa shape index (κ1) is 30.8. The van der Waals surface area contributed by atoms with Crippen LogP contribution in [0.2, 0.25) is 0 Å². The number of Topliss-reactive ketones (excluding diaryl/α,β-unsaturated/α-hetero) is 1. The monoisotopic (exact) mass is 569 g/mol. The van der Waals surface area contributed by atoms with Crippen molar-refractivity contribution in [3.8, 4) is 5.88 Å². The van der Waals surface area contributed by atoms with Crippen LogP contribution < -0.4 is 16.0 Å². The smallest absolute Gasteiger partial charge is 0.471 e. The largest absolute Gasteiger partial charge is 0.493 e. The summed E-state index contributed by atoms with van der Waals surface area (Å²) in [7, 11) is 1.23. The van der Waals surface area contributed by atoms with Crippen LogP contribution in [0.3, 0.4) is 0 Å². The molecule has 1 saturated carbocycles. The zero-order valence-corrected chi connectivity index (χ0v) is 23.0. The fourth-order valence-electron chi connectivity index (χ4n) is 5.40. The third-order valence-corrected chi connectivity index (χ3v) is 7.78. The Bertz CT molecular complexity index is 1210. The first-order valence-corrected chi connectivity index (χ1v) is 12.7. The number of carbonyl (C=O) groups excluding carboxylic acids is 5. The number of aromatic nitrogens is 1. The van der Waals surface area contributed by atoms with E-state index < -0.39 is 65.0 Å². The van der Waals surface area contributed by atoms with Crippen LogP contribution in [0, 0.1) is 22.7 Å². The number of rotatable bonds is 8. The van der Waals surface area contributed by atoms with Crippen LogP contribution in [-0.2, 0) is 30.4 Å². The highest BCUT2D eigenvalue weighted by molar-refractivity contribution is 6.38. The van der Waals surface area contributed by atoms with E-state index in [-0.39, 0.29) is 35.8 Å². The topological polar surface area (TPSA) is 158 Å². The highest BCUT2D eigenvalue weighted by Gasteiger charge is 2.70. The molecule has 4 N–H and O–H groups in total. The van der Waals surface area contributed by atoms with E-state index >= 15 is 0 Å². The highest BCUT2D eigenvalue weighted by Crippen LogP contribution is 2.65. The molecule has 1 unspecified atom stereocenters. The maximum atomic E-state index is 13.7. The molecule has 2 heterocycles. The van der Waals surface area contributed by atoms with Gasteiger partial charge in [0.2, 0.25) is 23.5 Å². The average molecular weight is 570 g/mol. The predicted octanol–water partition coefficient (Wildman–Crippen LogP) is 0.706. The molecule has 3 rings (SSSR count). The Morgan fingerprint density at radius 3 is 2.30 bits per heavy atom. The Balaban J connectivity index is 1.93. The van der Waals surface area contributed by atoms with E-state index in [9.17, 15) is 42.3 Å². The molecule has 40 heavy (non-hydrogen) atoms. The van der Waals surface area contributed by atoms with E-state index in [0.717, 1.165) is 4.90 Å². The molecule has 2 aliphatic rings. The summed E-state index contributed by atoms with van der Waals surface area (Å²) in [5.74, 6) is -6.87. The van der Waals surface area contributed by atoms with Crippen LogP contribution in [0.15, 0.2) is 18.3 Å². The van der Waals surface area contributed by atoms with Gasteiger partial charge in [0, 0.05) is 31.8 Å². The first-order valence-electron chi connectivity index (χ1n) is 12.7. The number of nitrogens with zero attached hydrogens (tertiary/aromatic N) is 2. The minimum absolute atomic E-state index is 0.0561. The van der Waals surface area contributed by atoms with Crippen molar-refractivity contribution in [1.29, 1.82) is 0 Å². The van der Waals surface area contributed by atoms with Gasteiger partial charge in [0.15, 0.2) is 0 Å². The maximum absolute atomic E-state index is 13.7. The van der Waals surface area contributed by atoms with Crippen molar-refractivity contribution in [2.24, 2.45) is 22.7 Å². The lowest BCUT2D eigenvalue weighted by molar-refractivity contribution is -0.176. The fourth-order valence-corrected chi connectivity index (χ4v) is 5.40. The molecule has 0 bridgehead atoms. The molecule has 220 valence electrons. The van der Waals surface area contributed by atoms with E-state index in [1.54, 1.807) is 5.32 Å². The lowest BCUT2D eigenvalue weighted by atomic mass is 9.85. The second kappa shape index (κ2) is 10.7. The number of halogens is 3. The Morgan fingerprint density at radius 2 is 1.77 bits per heavy atom. The van der Waals surface area contributed by atoms with E-state index in [1.165, 1.54) is 46.1 Å². The van der Waals surface area contributed by atoms with Crippen LogP contribution in [-0.4, -0.2) is 82.3 Å². The second-order valence-corrected chi connectivity index (χ2v) is 11.9. The van der Waals surface area contributed by atoms with Gasteiger partial charge in [-0.15, -0.1) is 0 Å². The standard InChI is InChI=1S/C26H34F3N5O6/c1-24(2,3)18(33-23(40)26(27,28)29)22(39)34-11-13-15(25(13,4)5)16(34)20(37)32-14(17(35)21(38)30-6)10-12-8-7-9-31-19(12)36/h7-9,13-16,18H,10-11H2,1-6H3,(H,30,38)(H,31,36)(H,32,37)(H,33,40)/t13-,14?,15-,16-,18+/m0/s1. The van der Waals surface area contributed by atoms with Crippen LogP contribution >= 0.6 is 0 Å². The molecule has 0 radical (unpaired) electrons. The number of hydrogen-bond donors (Lipinski definition) is 4. The summed E-state index contributed by atoms with van der Waals surface area (Å²) in [4.78, 5) is 69.0. The number of likely N-dealkylation sites (N-methyl/N-ethyl adjacent to an activating group) is 1. The summed E-state index contributed by atoms with van der Waals surface area (Å²) in [5.41, 5.74) is -1.35. The molecule has 1 aliphatic carbocycles. The summed E-state index contributed by atoms with van der Waals surface area (Å²) in [6, 6.07) is -1.27. The molecule has 0 spiro atoms. The third kappa shape index (κ3) is 6.04. The number of pyridine rings is 1. The number of amides is 4. The molecule has 1 aromatic rings. The number of likely N-dealkylation sites (tertiary alicyclic amines) is 1. The molecule has 1 saturated heterocycles. The van der Waals surface area contributed by atoms with Crippen molar-refractivity contribution >= 4 is 29.4 Å². The molecule has 2 fully saturated rings. The summed E-state index contributed by atoms with van der Waals surface area (Å²) in [6.07, 6.45) is -4.20. The predicted molar refractivity (Wildman–Crippen MR) is 134 cm³/mol. The Kier molecular flexibility index (Phi) is 8.24. The van der Waals surface area contributed by atoms with Crippen LogP contribution in [0.25, 0.3) is 0 Å². The van der Waals surface area contributed by atoms with E-state index in [4.69, 9.17) is 0 Å². The number of ketones is 1. The number of carbonyl (C=O) groups is 5. The van der Waals surface area contributed by atoms with Crippen molar-refractivity contribution in [3.05, 3.63) is 23.9 Å². The number of alkyl halides is 3. The van der Waals surface area contributed by atoms with Crippen molar-refractivity contribution in [2.75, 3.05) is 13.6 Å². The minimum Gasteiger partial charge on any atom is -0.493 e. The molecule has 4 amide bonds. The molecular formula is C26H34F3N5O6. The molecule has 14 heteroatoms. The van der Waals surface area contributed by atoms with Crippen LogP contribution in [0.1, 0.15) is 40.2 Å². The number of fused-ring (bicyclic) bond motifs is 1. The van der Waals surface area contributed by atoms with Crippen molar-refractivity contribution in [1.82, 2.24) is 25.8 Å². The third-order valence-electron chi connectivity index (χ3n) is 7.78. The quantitative estimate of drug-likeness (QED) is 0.336. The number of nitrogens with one attached hydrogen (secondary N) is 3. The Labute approximate surface area is 229 Å². The van der Waals surface area contributed by atoms with Gasteiger partial charge < -0.3 is 26.0 Å². The lowest BCUT2D eigenvalue weighted by Crippen LogP contribution is -2.61. The molecule has 0 aromatic carbocycles. The van der Waals surface area contributed by atoms with Crippen molar-refractivity contribution in [2.45, 2.75) is 65.3 Å². The summed E-state index contributed by atoms with van der Waals surface area (Å²) in [6.45, 7) is 8.29. The summed E-state index contributed by atoms with van der Waals surface area (Å²) >= 11 is 0. The number of hydrogen-bond acceptors (Lipinski definition) is 7. The van der Waals surface area contributed by atoms with E-state index in [2.05, 4.69) is 15.6 Å². The molecule has 5 atom stereocenters. The van der Waals surface area contributed by atoms with Gasteiger partial charge in [-0.3, -0.25) is 24.0 Å². The van der Waals surface area contributed by atoms with Gasteiger partial charge in [0.05, 0.1) is 0 Å². The van der Waals surface area contributed by atoms with Gasteiger partial charge in [-0.1, -0.05) is 40.7 Å².